The lowest BCUT2D eigenvalue weighted by Crippen LogP contribution is -2.41. The highest BCUT2D eigenvalue weighted by atomic mass is 19.4. The Hall–Kier alpha value is -3.36. The van der Waals surface area contributed by atoms with E-state index in [0.717, 1.165) is 34.6 Å². The van der Waals surface area contributed by atoms with Crippen LogP contribution in [0.5, 0.6) is 5.75 Å². The first-order chi connectivity index (χ1) is 19.1. The van der Waals surface area contributed by atoms with Crippen LogP contribution in [0, 0.1) is 0 Å². The van der Waals surface area contributed by atoms with Crippen LogP contribution in [-0.2, 0) is 27.5 Å². The summed E-state index contributed by atoms with van der Waals surface area (Å²) in [5, 5.41) is 0. The molecule has 0 aromatic heterocycles. The monoisotopic (exact) mass is 562 g/mol. The van der Waals surface area contributed by atoms with Crippen LogP contribution in [0.1, 0.15) is 63.8 Å². The molecule has 2 heterocycles. The van der Waals surface area contributed by atoms with Gasteiger partial charge in [-0.2, -0.15) is 17.7 Å². The first-order valence-corrected chi connectivity index (χ1v) is 13.8. The molecule has 0 amide bonds. The Balaban J connectivity index is 1.37. The quantitative estimate of drug-likeness (QED) is 0.233. The van der Waals surface area contributed by atoms with Crippen molar-refractivity contribution in [1.82, 2.24) is 0 Å². The van der Waals surface area contributed by atoms with Crippen LogP contribution in [0.15, 0.2) is 72.8 Å². The molecule has 4 nitrogen and oxygen atoms in total. The Morgan fingerprint density at radius 3 is 2.10 bits per heavy atom. The number of rotatable bonds is 6. The SMILES string of the molecule is C[N+]1=C(/C=C/c2cc(C(F)(F)F)ccc2OCc2ccc(B3OC(C)(C)C(C)(C)O3)cc2)C(C)(C)c2ccccc21. The van der Waals surface area contributed by atoms with Gasteiger partial charge in [0.25, 0.3) is 0 Å². The number of nitrogens with zero attached hydrogens (tertiary/aromatic N) is 1. The fourth-order valence-electron chi connectivity index (χ4n) is 5.37. The molecule has 5 rings (SSSR count). The first-order valence-electron chi connectivity index (χ1n) is 13.8. The summed E-state index contributed by atoms with van der Waals surface area (Å²) in [4.78, 5) is 0. The van der Waals surface area contributed by atoms with Crippen molar-refractivity contribution < 1.29 is 31.8 Å². The van der Waals surface area contributed by atoms with E-state index in [-0.39, 0.29) is 12.0 Å². The summed E-state index contributed by atoms with van der Waals surface area (Å²) >= 11 is 0. The van der Waals surface area contributed by atoms with Crippen molar-refractivity contribution in [3.63, 3.8) is 0 Å². The van der Waals surface area contributed by atoms with Crippen molar-refractivity contribution in [2.75, 3.05) is 7.05 Å². The van der Waals surface area contributed by atoms with Crippen molar-refractivity contribution >= 4 is 30.1 Å². The minimum Gasteiger partial charge on any atom is -0.488 e. The summed E-state index contributed by atoms with van der Waals surface area (Å²) in [7, 11) is 1.51. The molecule has 3 aromatic carbocycles. The van der Waals surface area contributed by atoms with Crippen LogP contribution < -0.4 is 10.2 Å². The van der Waals surface area contributed by atoms with Gasteiger partial charge in [-0.05, 0) is 76.8 Å². The number of allylic oxidation sites excluding steroid dienone is 1. The molecule has 41 heavy (non-hydrogen) atoms. The number of halogens is 3. The first kappa shape index (κ1) is 29.1. The lowest BCUT2D eigenvalue weighted by Gasteiger charge is -2.32. The van der Waals surface area contributed by atoms with Gasteiger partial charge in [0.15, 0.2) is 5.71 Å². The standard InChI is InChI=1S/C33H36BF3NO3/c1-30(2)26-10-8-9-11-27(26)38(7)29(30)19-14-23-20-24(33(35,36)37)15-18-28(23)39-21-22-12-16-25(17-13-22)34-40-31(3,4)32(5,6)41-34/h8-20H,21H2,1-7H3/q+1/b19-14+. The van der Waals surface area contributed by atoms with Gasteiger partial charge >= 0.3 is 13.3 Å². The maximum absolute atomic E-state index is 13.6. The van der Waals surface area contributed by atoms with Gasteiger partial charge < -0.3 is 14.0 Å². The molecule has 1 saturated heterocycles. The van der Waals surface area contributed by atoms with Gasteiger partial charge in [-0.1, -0.05) is 42.5 Å². The van der Waals surface area contributed by atoms with Crippen molar-refractivity contribution in [2.45, 2.75) is 70.9 Å². The number of fused-ring (bicyclic) bond motifs is 1. The molecule has 1 fully saturated rings. The van der Waals surface area contributed by atoms with Crippen molar-refractivity contribution in [1.29, 1.82) is 0 Å². The molecule has 3 aromatic rings. The van der Waals surface area contributed by atoms with E-state index in [4.69, 9.17) is 14.0 Å². The zero-order chi connectivity index (χ0) is 29.8. The molecule has 0 bridgehead atoms. The Morgan fingerprint density at radius 2 is 1.49 bits per heavy atom. The van der Waals surface area contributed by atoms with E-state index in [1.54, 1.807) is 6.08 Å². The zero-order valence-corrected chi connectivity index (χ0v) is 24.6. The van der Waals surface area contributed by atoms with E-state index >= 15 is 0 Å². The molecule has 0 unspecified atom stereocenters. The highest BCUT2D eigenvalue weighted by molar-refractivity contribution is 6.62. The van der Waals surface area contributed by atoms with Crippen LogP contribution in [-0.4, -0.2) is 35.7 Å². The fraction of sp³-hybridized carbons (Fsp3) is 0.364. The topological polar surface area (TPSA) is 30.7 Å². The third-order valence-electron chi connectivity index (χ3n) is 8.60. The summed E-state index contributed by atoms with van der Waals surface area (Å²) in [6, 6.07) is 19.4. The van der Waals surface area contributed by atoms with Crippen molar-refractivity contribution in [3.8, 4) is 5.75 Å². The number of ether oxygens (including phenoxy) is 1. The molecular formula is C33H36BF3NO3+. The van der Waals surface area contributed by atoms with E-state index in [2.05, 4.69) is 30.6 Å². The third-order valence-corrected chi connectivity index (χ3v) is 8.60. The molecule has 0 radical (unpaired) electrons. The highest BCUT2D eigenvalue weighted by Crippen LogP contribution is 2.40. The van der Waals surface area contributed by atoms with Gasteiger partial charge in [-0.15, -0.1) is 0 Å². The minimum absolute atomic E-state index is 0.198. The van der Waals surface area contributed by atoms with Gasteiger partial charge in [0.1, 0.15) is 19.4 Å². The average molecular weight is 562 g/mol. The molecular weight excluding hydrogens is 526 g/mol. The van der Waals surface area contributed by atoms with Gasteiger partial charge in [-0.25, -0.2) is 0 Å². The van der Waals surface area contributed by atoms with Crippen molar-refractivity contribution in [2.24, 2.45) is 0 Å². The second-order valence-electron chi connectivity index (χ2n) is 12.3. The summed E-state index contributed by atoms with van der Waals surface area (Å²) < 4.78 is 61.3. The predicted octanol–water partition coefficient (Wildman–Crippen LogP) is 7.30. The maximum Gasteiger partial charge on any atom is 0.494 e. The minimum atomic E-state index is -4.46. The van der Waals surface area contributed by atoms with Crippen molar-refractivity contribution in [3.05, 3.63) is 95.1 Å². The molecule has 2 aliphatic heterocycles. The van der Waals surface area contributed by atoms with E-state index in [9.17, 15) is 13.2 Å². The van der Waals surface area contributed by atoms with E-state index in [1.807, 2.05) is 77.2 Å². The largest absolute Gasteiger partial charge is 0.494 e. The van der Waals surface area contributed by atoms with Crippen LogP contribution in [0.3, 0.4) is 0 Å². The lowest BCUT2D eigenvalue weighted by molar-refractivity contribution is -0.401. The van der Waals surface area contributed by atoms with Crippen LogP contribution in [0.4, 0.5) is 18.9 Å². The normalized spacial score (nSPS) is 19.2. The molecule has 0 saturated carbocycles. The number of para-hydroxylation sites is 1. The van der Waals surface area contributed by atoms with Gasteiger partial charge in [0, 0.05) is 23.3 Å². The predicted molar refractivity (Wildman–Crippen MR) is 157 cm³/mol. The molecule has 2 aliphatic rings. The Morgan fingerprint density at radius 1 is 0.854 bits per heavy atom. The number of hydrogen-bond acceptors (Lipinski definition) is 3. The van der Waals surface area contributed by atoms with E-state index < -0.39 is 30.1 Å². The Kier molecular flexibility index (Phi) is 7.23. The number of hydrogen-bond donors (Lipinski definition) is 0. The number of alkyl halides is 3. The lowest BCUT2D eigenvalue weighted by atomic mass is 9.79. The van der Waals surface area contributed by atoms with Crippen LogP contribution >= 0.6 is 0 Å². The van der Waals surface area contributed by atoms with Gasteiger partial charge in [-0.3, -0.25) is 0 Å². The second kappa shape index (κ2) is 10.2. The van der Waals surface area contributed by atoms with Gasteiger partial charge in [0.05, 0.1) is 22.2 Å². The Labute approximate surface area is 240 Å². The highest BCUT2D eigenvalue weighted by Gasteiger charge is 2.51. The molecule has 214 valence electrons. The zero-order valence-electron chi connectivity index (χ0n) is 24.6. The average Bonchev–Trinajstić information content (AvgIpc) is 3.24. The summed E-state index contributed by atoms with van der Waals surface area (Å²) in [5.41, 5.74) is 3.49. The molecule has 0 aliphatic carbocycles. The third kappa shape index (κ3) is 5.47. The molecule has 0 N–H and O–H groups in total. The van der Waals surface area contributed by atoms with Gasteiger partial charge in [0.2, 0.25) is 5.69 Å². The van der Waals surface area contributed by atoms with E-state index in [0.29, 0.717) is 11.3 Å². The second-order valence-corrected chi connectivity index (χ2v) is 12.3. The molecule has 0 atom stereocenters. The Bertz CT molecular complexity index is 1510. The molecule has 8 heteroatoms. The summed E-state index contributed by atoms with van der Waals surface area (Å²) in [6.07, 6.45) is -0.857. The maximum atomic E-state index is 13.6. The summed E-state index contributed by atoms with van der Waals surface area (Å²) in [5.74, 6) is 0.376. The smallest absolute Gasteiger partial charge is 0.488 e. The molecule has 0 spiro atoms. The summed E-state index contributed by atoms with van der Waals surface area (Å²) in [6.45, 7) is 12.5. The van der Waals surface area contributed by atoms with Crippen LogP contribution in [0.25, 0.3) is 6.08 Å². The van der Waals surface area contributed by atoms with Crippen LogP contribution in [0.2, 0.25) is 0 Å². The fourth-order valence-corrected chi connectivity index (χ4v) is 5.37. The number of benzene rings is 3. The van der Waals surface area contributed by atoms with E-state index in [1.165, 1.54) is 11.6 Å².